The summed E-state index contributed by atoms with van der Waals surface area (Å²) < 4.78 is 17.5. The Bertz CT molecular complexity index is 206. The van der Waals surface area contributed by atoms with E-state index in [9.17, 15) is 4.57 Å². The quantitative estimate of drug-likeness (QED) is 0.538. The fourth-order valence-corrected chi connectivity index (χ4v) is 6.93. The summed E-state index contributed by atoms with van der Waals surface area (Å²) in [5, 5.41) is 0. The summed E-state index contributed by atoms with van der Waals surface area (Å²) in [5.74, 6) is 0. The molecule has 82 valence electrons. The van der Waals surface area contributed by atoms with E-state index in [0.717, 1.165) is 31.4 Å². The molecule has 0 amide bonds. The predicted octanol–water partition coefficient (Wildman–Crippen LogP) is 4.11. The van der Waals surface area contributed by atoms with Gasteiger partial charge in [0.25, 0.3) is 7.98 Å². The first-order valence-electron chi connectivity index (χ1n) is 5.70. The van der Waals surface area contributed by atoms with Gasteiger partial charge in [-0.25, -0.2) is 0 Å². The summed E-state index contributed by atoms with van der Waals surface area (Å²) in [5.41, 5.74) is 0.0535. The number of hydrogen-bond acceptors (Lipinski definition) is 2. The molecule has 1 fully saturated rings. The van der Waals surface area contributed by atoms with Crippen LogP contribution in [0, 0.1) is 0 Å². The summed E-state index contributed by atoms with van der Waals surface area (Å²) in [6.45, 7) is 6.50. The summed E-state index contributed by atoms with van der Waals surface area (Å²) in [4.78, 5) is 0. The van der Waals surface area contributed by atoms with Gasteiger partial charge in [-0.05, 0) is 31.4 Å². The van der Waals surface area contributed by atoms with E-state index in [0.29, 0.717) is 8.01 Å². The highest BCUT2D eigenvalue weighted by molar-refractivity contribution is 7.71. The summed E-state index contributed by atoms with van der Waals surface area (Å²) in [6.07, 6.45) is 4.49. The Morgan fingerprint density at radius 2 is 2.00 bits per heavy atom. The van der Waals surface area contributed by atoms with Crippen molar-refractivity contribution in [3.8, 4) is 0 Å². The van der Waals surface area contributed by atoms with Crippen LogP contribution >= 0.6 is 8.01 Å². The van der Waals surface area contributed by atoms with E-state index < -0.39 is 7.98 Å². The molecular weight excluding hydrogens is 211 g/mol. The van der Waals surface area contributed by atoms with E-state index >= 15 is 0 Å². The van der Waals surface area contributed by atoms with Crippen molar-refractivity contribution in [3.63, 3.8) is 0 Å². The Balaban J connectivity index is 2.80. The van der Waals surface area contributed by atoms with Crippen molar-refractivity contribution < 1.29 is 8.99 Å². The lowest BCUT2D eigenvalue weighted by Crippen LogP contribution is -2.47. The van der Waals surface area contributed by atoms with Gasteiger partial charge in [0, 0.05) is 0 Å². The molecule has 0 radical (unpaired) electrons. The molecule has 4 heteroatoms. The monoisotopic (exact) mass is 232 g/mol. The van der Waals surface area contributed by atoms with Crippen LogP contribution in [-0.4, -0.2) is 13.6 Å². The molecule has 0 aromatic carbocycles. The standard InChI is InChI=1S/C10H21O2PSi/c1-4-10(5-2)8-7-9-14(6-3,12-10)13-11/h4-9H2,1-3H3. The molecule has 1 aliphatic heterocycles. The third kappa shape index (κ3) is 2.26. The minimum atomic E-state index is -1.89. The van der Waals surface area contributed by atoms with Gasteiger partial charge in [-0.3, -0.25) is 4.57 Å². The van der Waals surface area contributed by atoms with Gasteiger partial charge < -0.3 is 4.43 Å². The van der Waals surface area contributed by atoms with Gasteiger partial charge >= 0.3 is 0 Å². The van der Waals surface area contributed by atoms with Crippen LogP contribution in [0.2, 0.25) is 12.1 Å². The molecular formula is C10H21O2PSi. The van der Waals surface area contributed by atoms with Gasteiger partial charge in [-0.2, -0.15) is 0 Å². The molecule has 0 aliphatic carbocycles. The lowest BCUT2D eigenvalue weighted by atomic mass is 9.92. The van der Waals surface area contributed by atoms with Crippen LogP contribution in [0.1, 0.15) is 46.5 Å². The van der Waals surface area contributed by atoms with Gasteiger partial charge in [0.15, 0.2) is 8.01 Å². The first-order valence-corrected chi connectivity index (χ1v) is 9.68. The van der Waals surface area contributed by atoms with Crippen molar-refractivity contribution in [2.24, 2.45) is 0 Å². The molecule has 0 N–H and O–H groups in total. The molecule has 14 heavy (non-hydrogen) atoms. The molecule has 1 unspecified atom stereocenters. The second-order valence-corrected chi connectivity index (χ2v) is 10.7. The van der Waals surface area contributed by atoms with E-state index in [2.05, 4.69) is 20.8 Å². The van der Waals surface area contributed by atoms with Crippen molar-refractivity contribution in [1.29, 1.82) is 0 Å². The first kappa shape index (κ1) is 12.3. The molecule has 0 saturated carbocycles. The molecule has 1 rings (SSSR count). The second kappa shape index (κ2) is 4.87. The molecule has 1 atom stereocenters. The maximum atomic E-state index is 11.3. The topological polar surface area (TPSA) is 26.3 Å². The maximum absolute atomic E-state index is 11.3. The van der Waals surface area contributed by atoms with E-state index in [4.69, 9.17) is 4.43 Å². The fourth-order valence-electron chi connectivity index (χ4n) is 2.32. The van der Waals surface area contributed by atoms with Gasteiger partial charge in [0.05, 0.1) is 5.60 Å². The summed E-state index contributed by atoms with van der Waals surface area (Å²) >= 11 is 0. The Kier molecular flexibility index (Phi) is 4.29. The van der Waals surface area contributed by atoms with Gasteiger partial charge in [0.2, 0.25) is 0 Å². The van der Waals surface area contributed by atoms with Crippen molar-refractivity contribution in [3.05, 3.63) is 0 Å². The van der Waals surface area contributed by atoms with Gasteiger partial charge in [0.1, 0.15) is 0 Å². The molecule has 0 aromatic rings. The number of hydrogen-bond donors (Lipinski definition) is 0. The average Bonchev–Trinajstić information content (AvgIpc) is 2.29. The van der Waals surface area contributed by atoms with E-state index in [-0.39, 0.29) is 5.60 Å². The zero-order chi connectivity index (χ0) is 10.7. The zero-order valence-corrected chi connectivity index (χ0v) is 11.4. The lowest BCUT2D eigenvalue weighted by molar-refractivity contribution is 0.0300. The summed E-state index contributed by atoms with van der Waals surface area (Å²) in [7, 11) is -1.59. The minimum absolute atomic E-state index is 0.0535. The zero-order valence-electron chi connectivity index (χ0n) is 9.51. The molecule has 0 aromatic heterocycles. The van der Waals surface area contributed by atoms with Gasteiger partial charge in [-0.15, -0.1) is 0 Å². The van der Waals surface area contributed by atoms with Crippen LogP contribution < -0.4 is 0 Å². The SMILES string of the molecule is CCC1(CC)CCC[Si](CC)(P=O)O1. The molecule has 2 nitrogen and oxygen atoms in total. The average molecular weight is 232 g/mol. The van der Waals surface area contributed by atoms with Crippen LogP contribution in [0.3, 0.4) is 0 Å². The van der Waals surface area contributed by atoms with Crippen LogP contribution in [0.4, 0.5) is 0 Å². The number of rotatable bonds is 4. The van der Waals surface area contributed by atoms with E-state index in [1.165, 1.54) is 6.42 Å². The van der Waals surface area contributed by atoms with E-state index in [1.807, 2.05) is 0 Å². The van der Waals surface area contributed by atoms with Gasteiger partial charge in [-0.1, -0.05) is 27.2 Å². The minimum Gasteiger partial charge on any atom is -0.400 e. The summed E-state index contributed by atoms with van der Waals surface area (Å²) in [6, 6.07) is 2.07. The smallest absolute Gasteiger partial charge is 0.296 e. The van der Waals surface area contributed by atoms with Crippen molar-refractivity contribution in [2.75, 3.05) is 0 Å². The molecule has 0 bridgehead atoms. The van der Waals surface area contributed by atoms with Crippen molar-refractivity contribution in [1.82, 2.24) is 0 Å². The van der Waals surface area contributed by atoms with Crippen LogP contribution in [0.25, 0.3) is 0 Å². The molecule has 1 saturated heterocycles. The van der Waals surface area contributed by atoms with E-state index in [1.54, 1.807) is 0 Å². The highest BCUT2D eigenvalue weighted by Gasteiger charge is 2.46. The van der Waals surface area contributed by atoms with Crippen molar-refractivity contribution >= 4 is 16.0 Å². The first-order chi connectivity index (χ1) is 6.66. The third-order valence-electron chi connectivity index (χ3n) is 3.61. The Morgan fingerprint density at radius 1 is 1.36 bits per heavy atom. The maximum Gasteiger partial charge on any atom is 0.296 e. The fraction of sp³-hybridized carbons (Fsp3) is 1.00. The normalized spacial score (nSPS) is 31.9. The Morgan fingerprint density at radius 3 is 2.43 bits per heavy atom. The lowest BCUT2D eigenvalue weighted by Gasteiger charge is -2.43. The van der Waals surface area contributed by atoms with Crippen molar-refractivity contribution in [2.45, 2.75) is 64.1 Å². The second-order valence-electron chi connectivity index (χ2n) is 4.24. The highest BCUT2D eigenvalue weighted by atomic mass is 31.3. The van der Waals surface area contributed by atoms with Crippen LogP contribution in [0.15, 0.2) is 0 Å². The van der Waals surface area contributed by atoms with Crippen LogP contribution in [0.5, 0.6) is 0 Å². The third-order valence-corrected chi connectivity index (χ3v) is 9.89. The Labute approximate surface area is 89.6 Å². The largest absolute Gasteiger partial charge is 0.400 e. The molecule has 0 spiro atoms. The Hall–Kier alpha value is 0.277. The molecule has 1 heterocycles. The molecule has 1 aliphatic rings. The van der Waals surface area contributed by atoms with Crippen LogP contribution in [-0.2, 0) is 8.99 Å². The predicted molar refractivity (Wildman–Crippen MR) is 62.3 cm³/mol. The highest BCUT2D eigenvalue weighted by Crippen LogP contribution is 2.44.